The summed E-state index contributed by atoms with van der Waals surface area (Å²) < 4.78 is 0. The molecule has 3 rings (SSSR count). The van der Waals surface area contributed by atoms with Crippen LogP contribution in [0.5, 0.6) is 0 Å². The molecule has 0 aromatic carbocycles. The second-order valence-electron chi connectivity index (χ2n) is 5.22. The van der Waals surface area contributed by atoms with Crippen molar-refractivity contribution in [2.24, 2.45) is 0 Å². The van der Waals surface area contributed by atoms with E-state index in [1.807, 2.05) is 17.4 Å². The zero-order valence-corrected chi connectivity index (χ0v) is 12.7. The van der Waals surface area contributed by atoms with E-state index >= 15 is 0 Å². The smallest absolute Gasteiger partial charge is 0.128 e. The van der Waals surface area contributed by atoms with E-state index in [-0.39, 0.29) is 0 Å². The summed E-state index contributed by atoms with van der Waals surface area (Å²) in [5.41, 5.74) is 1.47. The summed E-state index contributed by atoms with van der Waals surface area (Å²) >= 11 is 1.88. The maximum absolute atomic E-state index is 4.64. The number of aromatic nitrogens is 1. The van der Waals surface area contributed by atoms with Crippen LogP contribution in [0.1, 0.15) is 42.7 Å². The lowest BCUT2D eigenvalue weighted by atomic mass is 9.94. The fourth-order valence-electron chi connectivity index (χ4n) is 2.68. The average molecular weight is 287 g/mol. The van der Waals surface area contributed by atoms with E-state index in [1.165, 1.54) is 29.7 Å². The summed E-state index contributed by atoms with van der Waals surface area (Å²) in [5.74, 6) is 1.92. The summed E-state index contributed by atoms with van der Waals surface area (Å²) in [6.07, 6.45) is 4.80. The van der Waals surface area contributed by atoms with Gasteiger partial charge in [-0.1, -0.05) is 13.0 Å². The van der Waals surface area contributed by atoms with Crippen molar-refractivity contribution in [1.29, 1.82) is 0 Å². The Hall–Kier alpha value is -1.55. The molecule has 3 nitrogen and oxygen atoms in total. The fourth-order valence-corrected chi connectivity index (χ4v) is 3.67. The van der Waals surface area contributed by atoms with E-state index in [0.29, 0.717) is 6.04 Å². The summed E-state index contributed by atoms with van der Waals surface area (Å²) in [6.45, 7) is 3.13. The highest BCUT2D eigenvalue weighted by Gasteiger charge is 2.21. The highest BCUT2D eigenvalue weighted by Crippen LogP contribution is 2.35. The lowest BCUT2D eigenvalue weighted by Gasteiger charge is -2.24. The van der Waals surface area contributed by atoms with Gasteiger partial charge in [-0.05, 0) is 54.8 Å². The van der Waals surface area contributed by atoms with Crippen LogP contribution >= 0.6 is 11.3 Å². The Bertz CT molecular complexity index is 564. The lowest BCUT2D eigenvalue weighted by Crippen LogP contribution is -2.16. The predicted octanol–water partition coefficient (Wildman–Crippen LogP) is 4.45. The first-order valence-corrected chi connectivity index (χ1v) is 8.28. The zero-order chi connectivity index (χ0) is 13.8. The van der Waals surface area contributed by atoms with Gasteiger partial charge in [-0.2, -0.15) is 0 Å². The van der Waals surface area contributed by atoms with Gasteiger partial charge < -0.3 is 10.6 Å². The van der Waals surface area contributed by atoms with Gasteiger partial charge in [0.05, 0.1) is 6.04 Å². The molecule has 1 unspecified atom stereocenters. The first-order chi connectivity index (χ1) is 9.86. The van der Waals surface area contributed by atoms with E-state index in [2.05, 4.69) is 46.1 Å². The Morgan fingerprint density at radius 3 is 3.10 bits per heavy atom. The van der Waals surface area contributed by atoms with Crippen LogP contribution in [0.15, 0.2) is 29.6 Å². The van der Waals surface area contributed by atoms with Crippen molar-refractivity contribution in [3.8, 4) is 0 Å². The van der Waals surface area contributed by atoms with Gasteiger partial charge in [-0.15, -0.1) is 11.3 Å². The minimum Gasteiger partial charge on any atom is -0.370 e. The number of anilines is 2. The van der Waals surface area contributed by atoms with Crippen LogP contribution in [0.4, 0.5) is 11.6 Å². The molecule has 0 amide bonds. The topological polar surface area (TPSA) is 37.0 Å². The monoisotopic (exact) mass is 287 g/mol. The van der Waals surface area contributed by atoms with Crippen LogP contribution in [0, 0.1) is 0 Å². The summed E-state index contributed by atoms with van der Waals surface area (Å²) in [5, 5.41) is 9.14. The molecule has 0 saturated carbocycles. The number of fused-ring (bicyclic) bond motifs is 1. The maximum Gasteiger partial charge on any atom is 0.128 e. The van der Waals surface area contributed by atoms with E-state index in [1.54, 1.807) is 0 Å². The summed E-state index contributed by atoms with van der Waals surface area (Å²) in [4.78, 5) is 6.18. The van der Waals surface area contributed by atoms with Gasteiger partial charge >= 0.3 is 0 Å². The van der Waals surface area contributed by atoms with Crippen LogP contribution in [0.25, 0.3) is 0 Å². The molecule has 106 valence electrons. The average Bonchev–Trinajstić information content (AvgIpc) is 2.95. The van der Waals surface area contributed by atoms with Gasteiger partial charge in [-0.25, -0.2) is 4.98 Å². The van der Waals surface area contributed by atoms with Gasteiger partial charge in [0.2, 0.25) is 0 Å². The molecule has 2 N–H and O–H groups in total. The van der Waals surface area contributed by atoms with Crippen molar-refractivity contribution in [3.05, 3.63) is 40.1 Å². The van der Waals surface area contributed by atoms with Crippen molar-refractivity contribution in [2.45, 2.75) is 38.6 Å². The van der Waals surface area contributed by atoms with Crippen LogP contribution in [0.3, 0.4) is 0 Å². The van der Waals surface area contributed by atoms with Gasteiger partial charge in [-0.3, -0.25) is 0 Å². The van der Waals surface area contributed by atoms with Crippen molar-refractivity contribution >= 4 is 23.0 Å². The molecule has 0 aliphatic heterocycles. The minimum absolute atomic E-state index is 0.416. The quantitative estimate of drug-likeness (QED) is 0.853. The van der Waals surface area contributed by atoms with E-state index in [9.17, 15) is 0 Å². The number of nitrogens with one attached hydrogen (secondary N) is 2. The Morgan fingerprint density at radius 1 is 1.30 bits per heavy atom. The molecule has 2 aromatic rings. The molecular weight excluding hydrogens is 266 g/mol. The highest BCUT2D eigenvalue weighted by atomic mass is 32.1. The number of hydrogen-bond donors (Lipinski definition) is 2. The molecule has 2 aromatic heterocycles. The first kappa shape index (κ1) is 13.4. The molecule has 4 heteroatoms. The Labute approximate surface area is 124 Å². The van der Waals surface area contributed by atoms with Crippen molar-refractivity contribution in [1.82, 2.24) is 4.98 Å². The number of hydrogen-bond acceptors (Lipinski definition) is 4. The standard InChI is InChI=1S/C16H21N3S/c1-2-10-17-15-7-4-8-16(19-15)18-13-5-3-6-14-12(13)9-11-20-14/h4,7-9,11,13H,2-3,5-6,10H2,1H3,(H2,17,18,19). The largest absolute Gasteiger partial charge is 0.370 e. The molecule has 0 radical (unpaired) electrons. The fraction of sp³-hybridized carbons (Fsp3) is 0.438. The zero-order valence-electron chi connectivity index (χ0n) is 11.9. The summed E-state index contributed by atoms with van der Waals surface area (Å²) in [7, 11) is 0. The molecule has 1 aliphatic rings. The van der Waals surface area contributed by atoms with Crippen molar-refractivity contribution in [2.75, 3.05) is 17.2 Å². The SMILES string of the molecule is CCCNc1cccc(NC2CCCc3sccc32)n1. The predicted molar refractivity (Wildman–Crippen MR) is 86.6 cm³/mol. The molecule has 0 saturated heterocycles. The number of nitrogens with zero attached hydrogens (tertiary/aromatic N) is 1. The third kappa shape index (κ3) is 2.96. The van der Waals surface area contributed by atoms with E-state index in [4.69, 9.17) is 0 Å². The van der Waals surface area contributed by atoms with Crippen molar-refractivity contribution < 1.29 is 0 Å². The number of rotatable bonds is 5. The van der Waals surface area contributed by atoms with Crippen molar-refractivity contribution in [3.63, 3.8) is 0 Å². The molecule has 0 bridgehead atoms. The molecular formula is C16H21N3S. The number of thiophene rings is 1. The lowest BCUT2D eigenvalue weighted by molar-refractivity contribution is 0.607. The van der Waals surface area contributed by atoms with Gasteiger partial charge in [0, 0.05) is 11.4 Å². The van der Waals surface area contributed by atoms with Gasteiger partial charge in [0.1, 0.15) is 11.6 Å². The third-order valence-corrected chi connectivity index (χ3v) is 4.68. The Balaban J connectivity index is 1.72. The molecule has 0 spiro atoms. The van der Waals surface area contributed by atoms with E-state index in [0.717, 1.165) is 24.6 Å². The number of aryl methyl sites for hydroxylation is 1. The number of pyridine rings is 1. The molecule has 1 atom stereocenters. The Kier molecular flexibility index (Phi) is 4.21. The second-order valence-corrected chi connectivity index (χ2v) is 6.22. The highest BCUT2D eigenvalue weighted by molar-refractivity contribution is 7.10. The van der Waals surface area contributed by atoms with Crippen LogP contribution in [0.2, 0.25) is 0 Å². The first-order valence-electron chi connectivity index (χ1n) is 7.40. The second kappa shape index (κ2) is 6.27. The van der Waals surface area contributed by atoms with Gasteiger partial charge in [0.15, 0.2) is 0 Å². The maximum atomic E-state index is 4.64. The molecule has 20 heavy (non-hydrogen) atoms. The van der Waals surface area contributed by atoms with Gasteiger partial charge in [0.25, 0.3) is 0 Å². The third-order valence-electron chi connectivity index (χ3n) is 3.68. The summed E-state index contributed by atoms with van der Waals surface area (Å²) in [6, 6.07) is 8.81. The normalized spacial score (nSPS) is 17.6. The van der Waals surface area contributed by atoms with Crippen LogP contribution in [-0.4, -0.2) is 11.5 Å². The molecule has 0 fully saturated rings. The molecule has 2 heterocycles. The van der Waals surface area contributed by atoms with E-state index < -0.39 is 0 Å². The minimum atomic E-state index is 0.416. The molecule has 1 aliphatic carbocycles. The Morgan fingerprint density at radius 2 is 2.20 bits per heavy atom. The van der Waals surface area contributed by atoms with Crippen LogP contribution in [-0.2, 0) is 6.42 Å². The van der Waals surface area contributed by atoms with Crippen LogP contribution < -0.4 is 10.6 Å².